The van der Waals surface area contributed by atoms with Gasteiger partial charge >= 0.3 is 0 Å². The number of aliphatic hydroxyl groups excluding tert-OH is 1. The number of nitrogens with one attached hydrogen (secondary N) is 1. The van der Waals surface area contributed by atoms with Gasteiger partial charge in [-0.1, -0.05) is 18.2 Å². The molecule has 4 fully saturated rings. The van der Waals surface area contributed by atoms with Crippen LogP contribution in [0.3, 0.4) is 0 Å². The highest BCUT2D eigenvalue weighted by Crippen LogP contribution is 2.66. The van der Waals surface area contributed by atoms with Gasteiger partial charge in [0, 0.05) is 11.6 Å². The summed E-state index contributed by atoms with van der Waals surface area (Å²) in [7, 11) is 0. The summed E-state index contributed by atoms with van der Waals surface area (Å²) in [4.78, 5) is 0. The minimum atomic E-state index is -0.651. The van der Waals surface area contributed by atoms with Crippen molar-refractivity contribution in [3.05, 3.63) is 29.8 Å². The van der Waals surface area contributed by atoms with E-state index in [0.717, 1.165) is 31.6 Å². The van der Waals surface area contributed by atoms with Crippen molar-refractivity contribution in [1.82, 2.24) is 0 Å². The normalized spacial score (nSPS) is 49.4. The molecule has 4 nitrogen and oxygen atoms in total. The maximum absolute atomic E-state index is 10.3. The maximum Gasteiger partial charge on any atom is 0.175 e. The van der Waals surface area contributed by atoms with E-state index < -0.39 is 12.0 Å². The van der Waals surface area contributed by atoms with Crippen LogP contribution in [0, 0.1) is 5.92 Å². The third kappa shape index (κ3) is 0.948. The van der Waals surface area contributed by atoms with E-state index in [-0.39, 0.29) is 17.4 Å². The number of ether oxygens (including phenoxy) is 2. The van der Waals surface area contributed by atoms with Gasteiger partial charge in [-0.25, -0.2) is 0 Å². The molecule has 0 amide bonds. The lowest BCUT2D eigenvalue weighted by molar-refractivity contribution is -0.302. The monoisotopic (exact) mass is 259 g/mol. The minimum absolute atomic E-state index is 0.0533. The average molecular weight is 259 g/mol. The molecule has 4 heteroatoms. The molecule has 3 saturated heterocycles. The Balaban J connectivity index is 1.81. The number of para-hydroxylation sites is 1. The Morgan fingerprint density at radius 2 is 2.16 bits per heavy atom. The first-order chi connectivity index (χ1) is 9.28. The molecular formula is C15H17NO3. The summed E-state index contributed by atoms with van der Waals surface area (Å²) in [5.74, 6) is 0.135. The van der Waals surface area contributed by atoms with Crippen molar-refractivity contribution in [3.8, 4) is 0 Å². The van der Waals surface area contributed by atoms with Crippen LogP contribution in [0.4, 0.5) is 5.69 Å². The summed E-state index contributed by atoms with van der Waals surface area (Å²) >= 11 is 0. The van der Waals surface area contributed by atoms with E-state index in [9.17, 15) is 5.11 Å². The molecule has 0 radical (unpaired) electrons. The number of fused-ring (bicyclic) bond motifs is 3. The topological polar surface area (TPSA) is 50.7 Å². The zero-order chi connectivity index (χ0) is 12.7. The number of anilines is 1. The Hall–Kier alpha value is -1.10. The molecule has 0 spiro atoms. The molecule has 19 heavy (non-hydrogen) atoms. The van der Waals surface area contributed by atoms with Crippen molar-refractivity contribution < 1.29 is 14.6 Å². The van der Waals surface area contributed by atoms with Gasteiger partial charge in [-0.15, -0.1) is 0 Å². The van der Waals surface area contributed by atoms with Gasteiger partial charge in [0.2, 0.25) is 0 Å². The van der Waals surface area contributed by atoms with E-state index in [0.29, 0.717) is 0 Å². The molecule has 1 aliphatic carbocycles. The lowest BCUT2D eigenvalue weighted by Crippen LogP contribution is -2.71. The van der Waals surface area contributed by atoms with Crippen LogP contribution in [0.2, 0.25) is 0 Å². The molecule has 0 aromatic heterocycles. The van der Waals surface area contributed by atoms with E-state index in [4.69, 9.17) is 9.47 Å². The largest absolute Gasteiger partial charge is 0.368 e. The van der Waals surface area contributed by atoms with Crippen LogP contribution in [0.5, 0.6) is 0 Å². The zero-order valence-electron chi connectivity index (χ0n) is 10.6. The van der Waals surface area contributed by atoms with Gasteiger partial charge in [0.05, 0.1) is 12.0 Å². The van der Waals surface area contributed by atoms with E-state index in [1.165, 1.54) is 5.56 Å². The summed E-state index contributed by atoms with van der Waals surface area (Å²) in [6, 6.07) is 8.42. The first-order valence-corrected chi connectivity index (χ1v) is 7.13. The fraction of sp³-hybridized carbons (Fsp3) is 0.600. The van der Waals surface area contributed by atoms with Crippen LogP contribution < -0.4 is 5.32 Å². The van der Waals surface area contributed by atoms with Crippen LogP contribution in [0.15, 0.2) is 24.3 Å². The van der Waals surface area contributed by atoms with Crippen molar-refractivity contribution in [2.75, 3.05) is 11.9 Å². The van der Waals surface area contributed by atoms with E-state index in [1.54, 1.807) is 0 Å². The standard InChI is InChI=1S/C15H17NO3/c17-13-10-5-6-12(19-13)15-14(10,7-8-18-15)9-3-1-2-4-11(9)16-15/h1-4,10,12-13,16-17H,5-8H2/t10?,12?,13?,14-,15-/m1/s1. The fourth-order valence-electron chi connectivity index (χ4n) is 5.07. The van der Waals surface area contributed by atoms with Crippen molar-refractivity contribution >= 4 is 5.69 Å². The quantitative estimate of drug-likeness (QED) is 0.743. The van der Waals surface area contributed by atoms with Crippen LogP contribution in [-0.4, -0.2) is 29.8 Å². The predicted octanol–water partition coefficient (Wildman–Crippen LogP) is 1.59. The third-order valence-corrected chi connectivity index (χ3v) is 5.69. The van der Waals surface area contributed by atoms with Crippen LogP contribution in [0.1, 0.15) is 24.8 Å². The molecular weight excluding hydrogens is 242 g/mol. The Kier molecular flexibility index (Phi) is 1.76. The molecule has 4 heterocycles. The Morgan fingerprint density at radius 3 is 3.05 bits per heavy atom. The number of aliphatic hydroxyl groups is 1. The van der Waals surface area contributed by atoms with Crippen molar-refractivity contribution in [1.29, 1.82) is 0 Å². The van der Waals surface area contributed by atoms with Gasteiger partial charge in [-0.3, -0.25) is 0 Å². The summed E-state index contributed by atoms with van der Waals surface area (Å²) in [5.41, 5.74) is 1.91. The Morgan fingerprint density at radius 1 is 1.26 bits per heavy atom. The Bertz CT molecular complexity index is 562. The highest BCUT2D eigenvalue weighted by atomic mass is 16.6. The molecule has 2 N–H and O–H groups in total. The smallest absolute Gasteiger partial charge is 0.175 e. The molecule has 1 aromatic carbocycles. The second-order valence-electron chi connectivity index (χ2n) is 6.18. The molecule has 4 aliphatic heterocycles. The van der Waals surface area contributed by atoms with Crippen LogP contribution >= 0.6 is 0 Å². The highest BCUT2D eigenvalue weighted by Gasteiger charge is 2.74. The zero-order valence-corrected chi connectivity index (χ0v) is 10.6. The van der Waals surface area contributed by atoms with Gasteiger partial charge in [-0.05, 0) is 30.9 Å². The van der Waals surface area contributed by atoms with Crippen molar-refractivity contribution in [2.24, 2.45) is 5.92 Å². The summed E-state index contributed by atoms with van der Waals surface area (Å²) in [5, 5.41) is 13.9. The summed E-state index contributed by atoms with van der Waals surface area (Å²) in [6.07, 6.45) is 2.25. The van der Waals surface area contributed by atoms with Gasteiger partial charge in [0.1, 0.15) is 6.10 Å². The average Bonchev–Trinajstić information content (AvgIpc) is 2.94. The second-order valence-corrected chi connectivity index (χ2v) is 6.18. The number of benzene rings is 1. The molecule has 100 valence electrons. The van der Waals surface area contributed by atoms with E-state index in [2.05, 4.69) is 23.5 Å². The second kappa shape index (κ2) is 3.14. The van der Waals surface area contributed by atoms with Gasteiger partial charge < -0.3 is 19.9 Å². The van der Waals surface area contributed by atoms with Crippen molar-refractivity contribution in [2.45, 2.75) is 42.8 Å². The molecule has 1 saturated carbocycles. The molecule has 1 aromatic rings. The maximum atomic E-state index is 10.3. The van der Waals surface area contributed by atoms with Gasteiger partial charge in [-0.2, -0.15) is 0 Å². The number of rotatable bonds is 0. The summed E-state index contributed by atoms with van der Waals surface area (Å²) < 4.78 is 12.0. The molecule has 6 rings (SSSR count). The first kappa shape index (κ1) is 10.7. The molecule has 5 aliphatic rings. The lowest BCUT2D eigenvalue weighted by Gasteiger charge is -2.58. The lowest BCUT2D eigenvalue weighted by atomic mass is 9.56. The summed E-state index contributed by atoms with van der Waals surface area (Å²) in [6.45, 7) is 0.740. The predicted molar refractivity (Wildman–Crippen MR) is 68.6 cm³/mol. The number of hydrogen-bond donors (Lipinski definition) is 2. The first-order valence-electron chi connectivity index (χ1n) is 7.13. The number of hydrogen-bond acceptors (Lipinski definition) is 4. The molecule has 5 atom stereocenters. The Labute approximate surface area is 111 Å². The fourth-order valence-corrected chi connectivity index (χ4v) is 5.07. The van der Waals surface area contributed by atoms with Crippen LogP contribution in [0.25, 0.3) is 0 Å². The van der Waals surface area contributed by atoms with Gasteiger partial charge in [0.15, 0.2) is 12.0 Å². The van der Waals surface area contributed by atoms with Crippen LogP contribution in [-0.2, 0) is 14.9 Å². The minimum Gasteiger partial charge on any atom is -0.368 e. The van der Waals surface area contributed by atoms with Crippen molar-refractivity contribution in [3.63, 3.8) is 0 Å². The molecule has 3 unspecified atom stereocenters. The highest BCUT2D eigenvalue weighted by molar-refractivity contribution is 5.66. The van der Waals surface area contributed by atoms with Gasteiger partial charge in [0.25, 0.3) is 0 Å². The third-order valence-electron chi connectivity index (χ3n) is 5.69. The SMILES string of the molecule is OC1OC2CCC1[C@]13CCO[C@]21Nc1ccccc13. The van der Waals surface area contributed by atoms with E-state index in [1.807, 2.05) is 6.07 Å². The molecule has 2 bridgehead atoms. The van der Waals surface area contributed by atoms with E-state index >= 15 is 0 Å².